The number of carbonyl (C=O) groups excluding carboxylic acids is 1. The molecule has 1 N–H and O–H groups in total. The first-order valence-corrected chi connectivity index (χ1v) is 11.4. The number of rotatable bonds is 9. The molecule has 1 aliphatic rings. The fourth-order valence-electron chi connectivity index (χ4n) is 3.00. The highest BCUT2D eigenvalue weighted by Gasteiger charge is 2.29. The maximum absolute atomic E-state index is 14.3. The second kappa shape index (κ2) is 10.6. The van der Waals surface area contributed by atoms with Crippen LogP contribution in [0.1, 0.15) is 17.3 Å². The molecule has 3 rings (SSSR count). The van der Waals surface area contributed by atoms with Crippen molar-refractivity contribution in [3.8, 4) is 11.5 Å². The summed E-state index contributed by atoms with van der Waals surface area (Å²) in [7, 11) is -4.05. The monoisotopic (exact) mass is 452 g/mol. The van der Waals surface area contributed by atoms with Crippen molar-refractivity contribution in [3.63, 3.8) is 0 Å². The highest BCUT2D eigenvalue weighted by atomic mass is 32.2. The molecule has 2 aromatic carbocycles. The Morgan fingerprint density at radius 3 is 2.39 bits per heavy atom. The third-order valence-electron chi connectivity index (χ3n) is 4.57. The van der Waals surface area contributed by atoms with Crippen molar-refractivity contribution in [2.24, 2.45) is 0 Å². The highest BCUT2D eigenvalue weighted by Crippen LogP contribution is 2.22. The van der Waals surface area contributed by atoms with Crippen LogP contribution in [0, 0.1) is 5.82 Å². The Bertz CT molecular complexity index is 991. The summed E-state index contributed by atoms with van der Waals surface area (Å²) in [5.74, 6) is -0.0590. The number of nitrogens with zero attached hydrogens (tertiary/aromatic N) is 1. The molecule has 168 valence electrons. The van der Waals surface area contributed by atoms with Gasteiger partial charge in [0.15, 0.2) is 0 Å². The van der Waals surface area contributed by atoms with Gasteiger partial charge in [0.1, 0.15) is 28.8 Å². The molecule has 0 spiro atoms. The summed E-state index contributed by atoms with van der Waals surface area (Å²) in [5.41, 5.74) is 0.0503. The summed E-state index contributed by atoms with van der Waals surface area (Å²) in [6, 6.07) is 10.4. The van der Waals surface area contributed by atoms with Crippen LogP contribution in [0.15, 0.2) is 47.4 Å². The van der Waals surface area contributed by atoms with E-state index in [1.165, 1.54) is 6.07 Å². The summed E-state index contributed by atoms with van der Waals surface area (Å²) < 4.78 is 56.9. The molecule has 0 aliphatic carbocycles. The van der Waals surface area contributed by atoms with Gasteiger partial charge in [-0.05, 0) is 49.4 Å². The second-order valence-corrected chi connectivity index (χ2v) is 8.58. The summed E-state index contributed by atoms with van der Waals surface area (Å²) in [6.07, 6.45) is 0. The number of hydrogen-bond acceptors (Lipinski definition) is 6. The van der Waals surface area contributed by atoms with E-state index >= 15 is 0 Å². The topological polar surface area (TPSA) is 94.2 Å². The van der Waals surface area contributed by atoms with Gasteiger partial charge in [0.25, 0.3) is 5.91 Å². The number of benzene rings is 2. The minimum atomic E-state index is -4.05. The lowest BCUT2D eigenvalue weighted by molar-refractivity contribution is 0.0729. The molecule has 0 radical (unpaired) electrons. The Hall–Kier alpha value is -2.69. The minimum Gasteiger partial charge on any atom is -0.494 e. The van der Waals surface area contributed by atoms with E-state index in [1.807, 2.05) is 6.92 Å². The maximum Gasteiger partial charge on any atom is 0.251 e. The number of sulfonamides is 1. The van der Waals surface area contributed by atoms with E-state index in [2.05, 4.69) is 5.32 Å². The smallest absolute Gasteiger partial charge is 0.251 e. The molecular weight excluding hydrogens is 427 g/mol. The molecule has 10 heteroatoms. The standard InChI is InChI=1S/C21H25FN2O6S/c1-2-29-17-4-6-18(7-5-17)30-12-9-23-21(25)16-3-8-19(22)20(15-16)31(26,27)24-10-13-28-14-11-24/h3-8,15H,2,9-14H2,1H3,(H,23,25). The van der Waals surface area contributed by atoms with E-state index in [4.69, 9.17) is 14.2 Å². The summed E-state index contributed by atoms with van der Waals surface area (Å²) >= 11 is 0. The zero-order valence-corrected chi connectivity index (χ0v) is 18.0. The molecule has 1 amide bonds. The van der Waals surface area contributed by atoms with E-state index in [0.29, 0.717) is 12.4 Å². The highest BCUT2D eigenvalue weighted by molar-refractivity contribution is 7.89. The average molecular weight is 453 g/mol. The first-order chi connectivity index (χ1) is 14.9. The lowest BCUT2D eigenvalue weighted by atomic mass is 10.2. The van der Waals surface area contributed by atoms with Crippen LogP contribution < -0.4 is 14.8 Å². The van der Waals surface area contributed by atoms with Gasteiger partial charge < -0.3 is 19.5 Å². The van der Waals surface area contributed by atoms with E-state index in [9.17, 15) is 17.6 Å². The number of hydrogen-bond donors (Lipinski definition) is 1. The van der Waals surface area contributed by atoms with Gasteiger partial charge in [-0.15, -0.1) is 0 Å². The van der Waals surface area contributed by atoms with Crippen LogP contribution in [0.4, 0.5) is 4.39 Å². The molecule has 1 saturated heterocycles. The largest absolute Gasteiger partial charge is 0.494 e. The zero-order chi connectivity index (χ0) is 22.3. The molecule has 0 aromatic heterocycles. The van der Waals surface area contributed by atoms with Gasteiger partial charge >= 0.3 is 0 Å². The van der Waals surface area contributed by atoms with Crippen LogP contribution in [0.25, 0.3) is 0 Å². The van der Waals surface area contributed by atoms with Crippen LogP contribution in [0.3, 0.4) is 0 Å². The zero-order valence-electron chi connectivity index (χ0n) is 17.2. The van der Waals surface area contributed by atoms with Gasteiger partial charge in [0.2, 0.25) is 10.0 Å². The molecule has 0 bridgehead atoms. The van der Waals surface area contributed by atoms with Crippen molar-refractivity contribution in [1.82, 2.24) is 9.62 Å². The fourth-order valence-corrected chi connectivity index (χ4v) is 4.50. The predicted molar refractivity (Wildman–Crippen MR) is 111 cm³/mol. The van der Waals surface area contributed by atoms with Gasteiger partial charge in [0.05, 0.1) is 26.4 Å². The molecule has 0 saturated carbocycles. The lowest BCUT2D eigenvalue weighted by Crippen LogP contribution is -2.41. The molecule has 1 aliphatic heterocycles. The van der Waals surface area contributed by atoms with Gasteiger partial charge in [-0.25, -0.2) is 12.8 Å². The lowest BCUT2D eigenvalue weighted by Gasteiger charge is -2.26. The molecule has 0 unspecified atom stereocenters. The van der Waals surface area contributed by atoms with Crippen LogP contribution in [0.2, 0.25) is 0 Å². The molecular formula is C21H25FN2O6S. The Balaban J connectivity index is 1.57. The second-order valence-electron chi connectivity index (χ2n) is 6.67. The Kier molecular flexibility index (Phi) is 7.83. The quantitative estimate of drug-likeness (QED) is 0.586. The number of halogens is 1. The van der Waals surface area contributed by atoms with Crippen molar-refractivity contribution in [1.29, 1.82) is 0 Å². The number of morpholine rings is 1. The van der Waals surface area contributed by atoms with Crippen molar-refractivity contribution in [3.05, 3.63) is 53.8 Å². The SMILES string of the molecule is CCOc1ccc(OCCNC(=O)c2ccc(F)c(S(=O)(=O)N3CCOCC3)c2)cc1. The van der Waals surface area contributed by atoms with Crippen molar-refractivity contribution >= 4 is 15.9 Å². The molecule has 2 aromatic rings. The molecule has 0 atom stereocenters. The Labute approximate surface area is 181 Å². The Morgan fingerprint density at radius 1 is 1.10 bits per heavy atom. The first kappa shape index (κ1) is 23.0. The van der Waals surface area contributed by atoms with Gasteiger partial charge in [0, 0.05) is 18.7 Å². The van der Waals surface area contributed by atoms with Crippen LogP contribution in [0.5, 0.6) is 11.5 Å². The van der Waals surface area contributed by atoms with E-state index in [1.54, 1.807) is 24.3 Å². The number of nitrogens with one attached hydrogen (secondary N) is 1. The third-order valence-corrected chi connectivity index (χ3v) is 6.49. The van der Waals surface area contributed by atoms with Gasteiger partial charge in [-0.2, -0.15) is 4.31 Å². The van der Waals surface area contributed by atoms with Crippen LogP contribution in [-0.4, -0.2) is 64.7 Å². The van der Waals surface area contributed by atoms with E-state index < -0.39 is 26.6 Å². The van der Waals surface area contributed by atoms with Crippen molar-refractivity contribution < 1.29 is 31.8 Å². The summed E-state index contributed by atoms with van der Waals surface area (Å²) in [4.78, 5) is 11.9. The molecule has 1 fully saturated rings. The summed E-state index contributed by atoms with van der Waals surface area (Å²) in [5, 5.41) is 2.64. The summed E-state index contributed by atoms with van der Waals surface area (Å²) in [6.45, 7) is 3.64. The van der Waals surface area contributed by atoms with E-state index in [0.717, 1.165) is 22.2 Å². The van der Waals surface area contributed by atoms with Crippen LogP contribution >= 0.6 is 0 Å². The van der Waals surface area contributed by atoms with Gasteiger partial charge in [-0.1, -0.05) is 0 Å². The third kappa shape index (κ3) is 5.93. The first-order valence-electron chi connectivity index (χ1n) is 9.93. The fraction of sp³-hybridized carbons (Fsp3) is 0.381. The number of ether oxygens (including phenoxy) is 3. The molecule has 31 heavy (non-hydrogen) atoms. The average Bonchev–Trinajstić information content (AvgIpc) is 2.78. The normalized spacial score (nSPS) is 14.8. The minimum absolute atomic E-state index is 0.0503. The number of amides is 1. The molecule has 1 heterocycles. The maximum atomic E-state index is 14.3. The molecule has 8 nitrogen and oxygen atoms in total. The van der Waals surface area contributed by atoms with Crippen molar-refractivity contribution in [2.75, 3.05) is 46.1 Å². The van der Waals surface area contributed by atoms with Crippen molar-refractivity contribution in [2.45, 2.75) is 11.8 Å². The predicted octanol–water partition coefficient (Wildman–Crippen LogP) is 2.05. The Morgan fingerprint density at radius 2 is 1.74 bits per heavy atom. The number of carbonyl (C=O) groups is 1. The van der Waals surface area contributed by atoms with Gasteiger partial charge in [-0.3, -0.25) is 4.79 Å². The van der Waals surface area contributed by atoms with Crippen LogP contribution in [-0.2, 0) is 14.8 Å². The van der Waals surface area contributed by atoms with E-state index in [-0.39, 0.29) is 45.0 Å².